The molecule has 0 N–H and O–H groups in total. The first kappa shape index (κ1) is 32.7. The predicted molar refractivity (Wildman–Crippen MR) is 166 cm³/mol. The Morgan fingerprint density at radius 1 is 0.585 bits per heavy atom. The second-order valence-electron chi connectivity index (χ2n) is 11.9. The summed E-state index contributed by atoms with van der Waals surface area (Å²) in [5.41, 5.74) is 2.33. The minimum absolute atomic E-state index is 0.201. The lowest BCUT2D eigenvalue weighted by Crippen LogP contribution is -2.45. The summed E-state index contributed by atoms with van der Waals surface area (Å²) in [6.07, 6.45) is 15.3. The summed E-state index contributed by atoms with van der Waals surface area (Å²) < 4.78 is 17.6. The van der Waals surface area contributed by atoms with Gasteiger partial charge in [0.1, 0.15) is 23.8 Å². The molecule has 0 heterocycles. The van der Waals surface area contributed by atoms with E-state index in [1.807, 2.05) is 12.1 Å². The quantitative estimate of drug-likeness (QED) is 0.108. The Labute approximate surface area is 248 Å². The Kier molecular flexibility index (Phi) is 12.7. The highest BCUT2D eigenvalue weighted by atomic mass is 16.5. The van der Waals surface area contributed by atoms with E-state index in [0.29, 0.717) is 33.9 Å². The summed E-state index contributed by atoms with van der Waals surface area (Å²) in [5, 5.41) is 0. The lowest BCUT2D eigenvalue weighted by molar-refractivity contribution is -0.923. The molecule has 1 aliphatic rings. The maximum Gasteiger partial charge on any atom is 0.201 e. The molecule has 0 spiro atoms. The van der Waals surface area contributed by atoms with Crippen molar-refractivity contribution >= 4 is 11.6 Å². The molecule has 1 aliphatic carbocycles. The molecule has 0 radical (unpaired) electrons. The van der Waals surface area contributed by atoms with Gasteiger partial charge in [0.2, 0.25) is 5.78 Å². The third kappa shape index (κ3) is 8.34. The van der Waals surface area contributed by atoms with E-state index in [9.17, 15) is 9.59 Å². The number of quaternary nitrogens is 1. The maximum atomic E-state index is 13.8. The number of carbonyl (C=O) groups is 2. The largest absolute Gasteiger partial charge is 0.497 e. The lowest BCUT2D eigenvalue weighted by Gasteiger charge is -2.35. The number of ether oxygens (including phenoxy) is 3. The maximum absolute atomic E-state index is 13.8. The van der Waals surface area contributed by atoms with Crippen LogP contribution in [-0.2, 0) is 6.54 Å². The van der Waals surface area contributed by atoms with Gasteiger partial charge in [0, 0.05) is 22.8 Å². The van der Waals surface area contributed by atoms with Gasteiger partial charge in [0.25, 0.3) is 0 Å². The number of unbranched alkanes of at least 4 members (excludes halogenated alkanes) is 10. The van der Waals surface area contributed by atoms with Crippen LogP contribution in [0.15, 0.2) is 24.3 Å². The fraction of sp³-hybridized carbons (Fsp3) is 0.600. The lowest BCUT2D eigenvalue weighted by atomic mass is 9.82. The third-order valence-electron chi connectivity index (χ3n) is 8.52. The van der Waals surface area contributed by atoms with Crippen LogP contribution in [0.1, 0.15) is 128 Å². The monoisotopic (exact) mass is 566 g/mol. The highest BCUT2D eigenvalue weighted by Crippen LogP contribution is 2.40. The van der Waals surface area contributed by atoms with Crippen molar-refractivity contribution in [1.82, 2.24) is 0 Å². The molecule has 6 heteroatoms. The molecule has 226 valence electrons. The molecule has 0 atom stereocenters. The SMILES string of the molecule is CCCCCCCC[N+](C)(CCCCCCCC)Cc1cc(OC)c2c(c1)C(=O)c1cc(OC)cc(OC)c1C2=O. The first-order valence-electron chi connectivity index (χ1n) is 15.7. The Bertz CT molecular complexity index is 1160. The number of nitrogens with zero attached hydrogens (tertiary/aromatic N) is 1. The van der Waals surface area contributed by atoms with Crippen molar-refractivity contribution in [3.63, 3.8) is 0 Å². The molecule has 0 aromatic heterocycles. The van der Waals surface area contributed by atoms with Crippen molar-refractivity contribution in [3.8, 4) is 17.2 Å². The molecule has 0 saturated carbocycles. The highest BCUT2D eigenvalue weighted by Gasteiger charge is 2.36. The number of ketones is 2. The highest BCUT2D eigenvalue weighted by molar-refractivity contribution is 6.30. The van der Waals surface area contributed by atoms with Crippen molar-refractivity contribution in [2.45, 2.75) is 97.4 Å². The van der Waals surface area contributed by atoms with Crippen LogP contribution in [0.4, 0.5) is 0 Å². The molecule has 0 unspecified atom stereocenters. The van der Waals surface area contributed by atoms with Gasteiger partial charge in [-0.05, 0) is 43.9 Å². The molecule has 6 nitrogen and oxygen atoms in total. The van der Waals surface area contributed by atoms with Crippen LogP contribution in [-0.4, -0.2) is 57.5 Å². The van der Waals surface area contributed by atoms with Crippen LogP contribution in [0.3, 0.4) is 0 Å². The zero-order valence-corrected chi connectivity index (χ0v) is 26.4. The normalized spacial score (nSPS) is 12.7. The zero-order valence-electron chi connectivity index (χ0n) is 26.4. The average molecular weight is 567 g/mol. The average Bonchev–Trinajstić information content (AvgIpc) is 2.98. The van der Waals surface area contributed by atoms with Gasteiger partial charge >= 0.3 is 0 Å². The number of methoxy groups -OCH3 is 3. The molecule has 0 aliphatic heterocycles. The van der Waals surface area contributed by atoms with Gasteiger partial charge in [0.15, 0.2) is 5.78 Å². The van der Waals surface area contributed by atoms with E-state index in [2.05, 4.69) is 20.9 Å². The van der Waals surface area contributed by atoms with E-state index >= 15 is 0 Å². The van der Waals surface area contributed by atoms with E-state index in [0.717, 1.165) is 29.7 Å². The van der Waals surface area contributed by atoms with Crippen LogP contribution < -0.4 is 14.2 Å². The van der Waals surface area contributed by atoms with Gasteiger partial charge in [-0.15, -0.1) is 0 Å². The van der Waals surface area contributed by atoms with Crippen molar-refractivity contribution in [1.29, 1.82) is 0 Å². The van der Waals surface area contributed by atoms with E-state index in [4.69, 9.17) is 14.2 Å². The molecule has 41 heavy (non-hydrogen) atoms. The Morgan fingerprint density at radius 3 is 1.59 bits per heavy atom. The summed E-state index contributed by atoms with van der Waals surface area (Å²) in [6.45, 7) is 7.51. The van der Waals surface area contributed by atoms with Crippen LogP contribution in [0.5, 0.6) is 17.2 Å². The minimum atomic E-state index is -0.256. The van der Waals surface area contributed by atoms with E-state index in [-0.39, 0.29) is 17.1 Å². The summed E-state index contributed by atoms with van der Waals surface area (Å²) in [6, 6.07) is 7.16. The molecule has 0 fully saturated rings. The molecule has 0 saturated heterocycles. The Morgan fingerprint density at radius 2 is 1.07 bits per heavy atom. The number of hydrogen-bond acceptors (Lipinski definition) is 5. The number of hydrogen-bond donors (Lipinski definition) is 0. The number of fused-ring (bicyclic) bond motifs is 2. The van der Waals surface area contributed by atoms with Gasteiger partial charge in [0.05, 0.1) is 52.6 Å². The van der Waals surface area contributed by atoms with Crippen molar-refractivity contribution in [2.75, 3.05) is 41.5 Å². The minimum Gasteiger partial charge on any atom is -0.497 e. The Balaban J connectivity index is 1.89. The third-order valence-corrected chi connectivity index (χ3v) is 8.52. The van der Waals surface area contributed by atoms with Crippen molar-refractivity contribution < 1.29 is 28.3 Å². The standard InChI is InChI=1S/C35H52NO5/c1-7-9-11-13-15-17-19-36(3,20-18-16-14-12-10-8-2)25-26-21-28-32(30(22-26)40-5)35(38)33-29(34(28)37)23-27(39-4)24-31(33)41-6/h21-24H,7-20,25H2,1-6H3/q+1. The first-order valence-corrected chi connectivity index (χ1v) is 15.7. The van der Waals surface area contributed by atoms with Crippen LogP contribution in [0, 0.1) is 0 Å². The van der Waals surface area contributed by atoms with E-state index in [1.165, 1.54) is 91.3 Å². The fourth-order valence-corrected chi connectivity index (χ4v) is 6.15. The fourth-order valence-electron chi connectivity index (χ4n) is 6.15. The topological polar surface area (TPSA) is 61.8 Å². The van der Waals surface area contributed by atoms with Gasteiger partial charge in [-0.2, -0.15) is 0 Å². The second kappa shape index (κ2) is 16.0. The van der Waals surface area contributed by atoms with Crippen molar-refractivity contribution in [2.24, 2.45) is 0 Å². The molecule has 0 bridgehead atoms. The summed E-state index contributed by atoms with van der Waals surface area (Å²) in [5.74, 6) is 0.805. The van der Waals surface area contributed by atoms with E-state index in [1.54, 1.807) is 19.2 Å². The van der Waals surface area contributed by atoms with Crippen LogP contribution >= 0.6 is 0 Å². The second-order valence-corrected chi connectivity index (χ2v) is 11.9. The molecule has 2 aromatic rings. The number of carbonyl (C=O) groups excluding carboxylic acids is 2. The van der Waals surface area contributed by atoms with E-state index < -0.39 is 0 Å². The molecule has 0 amide bonds. The smallest absolute Gasteiger partial charge is 0.201 e. The van der Waals surface area contributed by atoms with Crippen LogP contribution in [0.2, 0.25) is 0 Å². The first-order chi connectivity index (χ1) is 19.8. The molecule has 3 rings (SSSR count). The number of benzene rings is 2. The number of rotatable bonds is 19. The predicted octanol–water partition coefficient (Wildman–Crippen LogP) is 8.16. The Hall–Kier alpha value is -2.86. The van der Waals surface area contributed by atoms with Gasteiger partial charge in [-0.3, -0.25) is 9.59 Å². The summed E-state index contributed by atoms with van der Waals surface area (Å²) in [7, 11) is 6.95. The summed E-state index contributed by atoms with van der Waals surface area (Å²) in [4.78, 5) is 27.6. The summed E-state index contributed by atoms with van der Waals surface area (Å²) >= 11 is 0. The molecule has 2 aromatic carbocycles. The van der Waals surface area contributed by atoms with Gasteiger partial charge < -0.3 is 18.7 Å². The molecular weight excluding hydrogens is 514 g/mol. The van der Waals surface area contributed by atoms with Crippen molar-refractivity contribution in [3.05, 3.63) is 52.1 Å². The zero-order chi connectivity index (χ0) is 29.8. The molecular formula is C35H52NO5+. The van der Waals surface area contributed by atoms with Crippen LogP contribution in [0.25, 0.3) is 0 Å². The van der Waals surface area contributed by atoms with Gasteiger partial charge in [-0.25, -0.2) is 0 Å². The van der Waals surface area contributed by atoms with Gasteiger partial charge in [-0.1, -0.05) is 65.2 Å².